The van der Waals surface area contributed by atoms with Gasteiger partial charge in [-0.1, -0.05) is 11.6 Å². The van der Waals surface area contributed by atoms with E-state index in [9.17, 15) is 9.59 Å². The zero-order chi connectivity index (χ0) is 19.9. The number of carbonyl (C=O) groups excluding carboxylic acids is 2. The first-order chi connectivity index (χ1) is 13.6. The van der Waals surface area contributed by atoms with Gasteiger partial charge in [-0.3, -0.25) is 19.5 Å². The van der Waals surface area contributed by atoms with E-state index in [-0.39, 0.29) is 18.4 Å². The molecule has 1 aromatic heterocycles. The molecule has 7 nitrogen and oxygen atoms in total. The number of pyridine rings is 1. The van der Waals surface area contributed by atoms with E-state index < -0.39 is 0 Å². The highest BCUT2D eigenvalue weighted by Crippen LogP contribution is 2.20. The van der Waals surface area contributed by atoms with Gasteiger partial charge in [0, 0.05) is 49.8 Å². The number of nitriles is 1. The second-order valence-corrected chi connectivity index (χ2v) is 6.92. The van der Waals surface area contributed by atoms with Crippen LogP contribution in [0.25, 0.3) is 0 Å². The van der Waals surface area contributed by atoms with Crippen LogP contribution >= 0.6 is 11.6 Å². The third kappa shape index (κ3) is 5.06. The van der Waals surface area contributed by atoms with E-state index in [0.717, 1.165) is 13.0 Å². The Morgan fingerprint density at radius 2 is 1.93 bits per heavy atom. The SMILES string of the molecule is N#Cc1ccc(NC(=O)CN2CCCN(C(=O)c3ccncc3)CC2)cc1Cl. The average Bonchev–Trinajstić information content (AvgIpc) is 2.94. The van der Waals surface area contributed by atoms with Crippen LogP contribution in [0, 0.1) is 11.3 Å². The molecule has 2 heterocycles. The normalized spacial score (nSPS) is 14.8. The molecule has 0 spiro atoms. The second-order valence-electron chi connectivity index (χ2n) is 6.51. The molecule has 1 N–H and O–H groups in total. The minimum atomic E-state index is -0.158. The molecule has 0 atom stereocenters. The lowest BCUT2D eigenvalue weighted by molar-refractivity contribution is -0.117. The second kappa shape index (κ2) is 9.31. The van der Waals surface area contributed by atoms with Gasteiger partial charge in [-0.2, -0.15) is 5.26 Å². The van der Waals surface area contributed by atoms with Crippen LogP contribution < -0.4 is 5.32 Å². The summed E-state index contributed by atoms with van der Waals surface area (Å²) in [6.45, 7) is 2.82. The van der Waals surface area contributed by atoms with Crippen LogP contribution in [0.15, 0.2) is 42.7 Å². The Hall–Kier alpha value is -2.95. The van der Waals surface area contributed by atoms with Crippen LogP contribution in [-0.2, 0) is 4.79 Å². The summed E-state index contributed by atoms with van der Waals surface area (Å²) in [6.07, 6.45) is 4.01. The van der Waals surface area contributed by atoms with Gasteiger partial charge >= 0.3 is 0 Å². The minimum Gasteiger partial charge on any atom is -0.337 e. The molecule has 0 radical (unpaired) electrons. The lowest BCUT2D eigenvalue weighted by Crippen LogP contribution is -2.38. The van der Waals surface area contributed by atoms with Crippen molar-refractivity contribution in [3.05, 3.63) is 58.9 Å². The fourth-order valence-corrected chi connectivity index (χ4v) is 3.32. The number of nitrogens with one attached hydrogen (secondary N) is 1. The average molecular weight is 398 g/mol. The van der Waals surface area contributed by atoms with Gasteiger partial charge < -0.3 is 10.2 Å². The first-order valence-electron chi connectivity index (χ1n) is 8.98. The van der Waals surface area contributed by atoms with Crippen molar-refractivity contribution in [2.24, 2.45) is 0 Å². The van der Waals surface area contributed by atoms with Crippen molar-refractivity contribution < 1.29 is 9.59 Å². The van der Waals surface area contributed by atoms with Gasteiger partial charge in [0.25, 0.3) is 5.91 Å². The number of hydrogen-bond acceptors (Lipinski definition) is 5. The van der Waals surface area contributed by atoms with E-state index >= 15 is 0 Å². The van der Waals surface area contributed by atoms with Crippen LogP contribution in [0.1, 0.15) is 22.3 Å². The molecule has 0 bridgehead atoms. The minimum absolute atomic E-state index is 0.0130. The molecule has 1 aliphatic rings. The number of amides is 2. The summed E-state index contributed by atoms with van der Waals surface area (Å²) < 4.78 is 0. The Bertz CT molecular complexity index is 897. The van der Waals surface area contributed by atoms with E-state index in [2.05, 4.69) is 10.3 Å². The van der Waals surface area contributed by atoms with Gasteiger partial charge in [0.15, 0.2) is 0 Å². The zero-order valence-electron chi connectivity index (χ0n) is 15.3. The van der Waals surface area contributed by atoms with Crippen LogP contribution in [0.2, 0.25) is 5.02 Å². The highest BCUT2D eigenvalue weighted by Gasteiger charge is 2.21. The third-order valence-electron chi connectivity index (χ3n) is 4.54. The number of hydrogen-bond donors (Lipinski definition) is 1. The van der Waals surface area contributed by atoms with Crippen LogP contribution in [0.4, 0.5) is 5.69 Å². The number of nitrogens with zero attached hydrogens (tertiary/aromatic N) is 4. The Balaban J connectivity index is 1.53. The standard InChI is InChI=1S/C20H20ClN5O2/c21-18-12-17(3-2-16(18)13-22)24-19(27)14-25-8-1-9-26(11-10-25)20(28)15-4-6-23-7-5-15/h2-7,12H,1,8-11,14H2,(H,24,27). The van der Waals surface area contributed by atoms with E-state index in [1.165, 1.54) is 0 Å². The molecule has 0 saturated carbocycles. The third-order valence-corrected chi connectivity index (χ3v) is 4.86. The first-order valence-corrected chi connectivity index (χ1v) is 9.36. The molecular formula is C20H20ClN5O2. The lowest BCUT2D eigenvalue weighted by atomic mass is 10.2. The molecule has 144 valence electrons. The summed E-state index contributed by atoms with van der Waals surface area (Å²) >= 11 is 6.00. The lowest BCUT2D eigenvalue weighted by Gasteiger charge is -2.21. The van der Waals surface area contributed by atoms with Gasteiger partial charge in [0.2, 0.25) is 5.91 Å². The van der Waals surface area contributed by atoms with E-state index in [1.54, 1.807) is 42.7 Å². The highest BCUT2D eigenvalue weighted by molar-refractivity contribution is 6.32. The van der Waals surface area contributed by atoms with Gasteiger partial charge in [-0.15, -0.1) is 0 Å². The monoisotopic (exact) mass is 397 g/mol. The Morgan fingerprint density at radius 1 is 1.14 bits per heavy atom. The molecule has 1 fully saturated rings. The molecule has 28 heavy (non-hydrogen) atoms. The molecule has 3 rings (SSSR count). The van der Waals surface area contributed by atoms with Crippen molar-refractivity contribution in [3.8, 4) is 6.07 Å². The predicted octanol–water partition coefficient (Wildman–Crippen LogP) is 2.39. The highest BCUT2D eigenvalue weighted by atomic mass is 35.5. The van der Waals surface area contributed by atoms with Crippen molar-refractivity contribution in [3.63, 3.8) is 0 Å². The summed E-state index contributed by atoms with van der Waals surface area (Å²) in [5, 5.41) is 12.0. The van der Waals surface area contributed by atoms with Crippen molar-refractivity contribution in [2.75, 3.05) is 38.0 Å². The van der Waals surface area contributed by atoms with Crippen LogP contribution in [0.3, 0.4) is 0 Å². The summed E-state index contributed by atoms with van der Waals surface area (Å²) in [5.41, 5.74) is 1.54. The van der Waals surface area contributed by atoms with Crippen molar-refractivity contribution in [1.29, 1.82) is 5.26 Å². The van der Waals surface area contributed by atoms with E-state index in [0.29, 0.717) is 41.5 Å². The number of anilines is 1. The van der Waals surface area contributed by atoms with Gasteiger partial charge in [0.1, 0.15) is 6.07 Å². The molecule has 0 aliphatic carbocycles. The quantitative estimate of drug-likeness (QED) is 0.855. The predicted molar refractivity (Wildman–Crippen MR) is 106 cm³/mol. The summed E-state index contributed by atoms with van der Waals surface area (Å²) in [5.74, 6) is -0.171. The smallest absolute Gasteiger partial charge is 0.254 e. The van der Waals surface area contributed by atoms with Crippen molar-refractivity contribution >= 4 is 29.1 Å². The summed E-state index contributed by atoms with van der Waals surface area (Å²) in [4.78, 5) is 32.7. The molecule has 1 aliphatic heterocycles. The summed E-state index contributed by atoms with van der Waals surface area (Å²) in [7, 11) is 0. The Morgan fingerprint density at radius 3 is 2.64 bits per heavy atom. The topological polar surface area (TPSA) is 89.3 Å². The largest absolute Gasteiger partial charge is 0.337 e. The number of carbonyl (C=O) groups is 2. The van der Waals surface area contributed by atoms with Crippen LogP contribution in [-0.4, -0.2) is 59.3 Å². The van der Waals surface area contributed by atoms with Crippen LogP contribution in [0.5, 0.6) is 0 Å². The fourth-order valence-electron chi connectivity index (χ4n) is 3.10. The maximum absolute atomic E-state index is 12.6. The molecule has 2 amide bonds. The molecule has 1 saturated heterocycles. The zero-order valence-corrected chi connectivity index (χ0v) is 16.0. The fraction of sp³-hybridized carbons (Fsp3) is 0.300. The van der Waals surface area contributed by atoms with Crippen molar-refractivity contribution in [2.45, 2.75) is 6.42 Å². The van der Waals surface area contributed by atoms with Gasteiger partial charge in [-0.05, 0) is 36.8 Å². The maximum atomic E-state index is 12.6. The summed E-state index contributed by atoms with van der Waals surface area (Å²) in [6, 6.07) is 10.2. The van der Waals surface area contributed by atoms with Gasteiger partial charge in [0.05, 0.1) is 17.1 Å². The number of rotatable bonds is 4. The molecular weight excluding hydrogens is 378 g/mol. The molecule has 1 aromatic carbocycles. The molecule has 8 heteroatoms. The Kier molecular flexibility index (Phi) is 6.58. The Labute approximate surface area is 168 Å². The number of aromatic nitrogens is 1. The molecule has 2 aromatic rings. The van der Waals surface area contributed by atoms with Crippen molar-refractivity contribution in [1.82, 2.24) is 14.8 Å². The first kappa shape index (κ1) is 19.8. The van der Waals surface area contributed by atoms with Gasteiger partial charge in [-0.25, -0.2) is 0 Å². The number of benzene rings is 1. The van der Waals surface area contributed by atoms with E-state index in [4.69, 9.17) is 16.9 Å². The molecule has 0 unspecified atom stereocenters. The number of halogens is 1. The maximum Gasteiger partial charge on any atom is 0.254 e. The van der Waals surface area contributed by atoms with E-state index in [1.807, 2.05) is 15.9 Å².